The molecule has 0 aliphatic heterocycles. The Morgan fingerprint density at radius 2 is 1.92 bits per heavy atom. The van der Waals surface area contributed by atoms with Gasteiger partial charge >= 0.3 is 0 Å². The van der Waals surface area contributed by atoms with E-state index in [0.29, 0.717) is 17.7 Å². The van der Waals surface area contributed by atoms with E-state index in [1.807, 2.05) is 48.5 Å². The second-order valence-electron chi connectivity index (χ2n) is 5.89. The third kappa shape index (κ3) is 2.49. The van der Waals surface area contributed by atoms with Crippen molar-refractivity contribution in [2.45, 2.75) is 18.6 Å². The zero-order chi connectivity index (χ0) is 16.5. The highest BCUT2D eigenvalue weighted by Gasteiger charge is 2.32. The lowest BCUT2D eigenvalue weighted by Crippen LogP contribution is -2.34. The Hall–Kier alpha value is -2.92. The van der Waals surface area contributed by atoms with Crippen molar-refractivity contribution in [3.05, 3.63) is 83.7 Å². The molecule has 1 aliphatic carbocycles. The van der Waals surface area contributed by atoms with E-state index in [2.05, 4.69) is 10.4 Å². The fourth-order valence-corrected chi connectivity index (χ4v) is 3.24. The Morgan fingerprint density at radius 1 is 1.12 bits per heavy atom. The van der Waals surface area contributed by atoms with Gasteiger partial charge in [-0.25, -0.2) is 4.68 Å². The highest BCUT2D eigenvalue weighted by atomic mass is 16.3. The van der Waals surface area contributed by atoms with Crippen molar-refractivity contribution in [3.8, 4) is 5.69 Å². The van der Waals surface area contributed by atoms with Gasteiger partial charge in [-0.05, 0) is 29.3 Å². The van der Waals surface area contributed by atoms with Gasteiger partial charge in [0.2, 0.25) is 0 Å². The largest absolute Gasteiger partial charge is 0.390 e. The molecule has 120 valence electrons. The summed E-state index contributed by atoms with van der Waals surface area (Å²) in [5, 5.41) is 17.5. The van der Waals surface area contributed by atoms with Gasteiger partial charge in [-0.15, -0.1) is 0 Å². The molecule has 0 unspecified atom stereocenters. The number of carbonyl (C=O) groups is 1. The summed E-state index contributed by atoms with van der Waals surface area (Å²) in [4.78, 5) is 12.8. The summed E-state index contributed by atoms with van der Waals surface area (Å²) < 4.78 is 1.66. The van der Waals surface area contributed by atoms with Crippen LogP contribution in [-0.2, 0) is 6.42 Å². The van der Waals surface area contributed by atoms with Crippen molar-refractivity contribution >= 4 is 5.91 Å². The Balaban J connectivity index is 1.64. The van der Waals surface area contributed by atoms with Gasteiger partial charge < -0.3 is 10.4 Å². The number of aromatic nitrogens is 2. The van der Waals surface area contributed by atoms with Crippen LogP contribution >= 0.6 is 0 Å². The maximum Gasteiger partial charge on any atom is 0.254 e. The average Bonchev–Trinajstić information content (AvgIpc) is 3.24. The fraction of sp³-hybridized carbons (Fsp3) is 0.158. The van der Waals surface area contributed by atoms with E-state index in [0.717, 1.165) is 11.1 Å². The number of aliphatic hydroxyl groups is 1. The predicted molar refractivity (Wildman–Crippen MR) is 89.9 cm³/mol. The SMILES string of the molecule is O=C(N[C@@H]1c2ccccc2C[C@@H]1O)c1ccccc1-n1cccn1. The fourth-order valence-electron chi connectivity index (χ4n) is 3.24. The van der Waals surface area contributed by atoms with Gasteiger partial charge in [0.05, 0.1) is 23.4 Å². The molecule has 4 rings (SSSR count). The molecule has 2 atom stereocenters. The zero-order valence-corrected chi connectivity index (χ0v) is 13.0. The number of rotatable bonds is 3. The van der Waals surface area contributed by atoms with Gasteiger partial charge in [-0.1, -0.05) is 36.4 Å². The van der Waals surface area contributed by atoms with E-state index >= 15 is 0 Å². The molecule has 1 heterocycles. The smallest absolute Gasteiger partial charge is 0.254 e. The van der Waals surface area contributed by atoms with Crippen molar-refractivity contribution < 1.29 is 9.90 Å². The highest BCUT2D eigenvalue weighted by molar-refractivity contribution is 5.98. The molecule has 3 aromatic rings. The van der Waals surface area contributed by atoms with Gasteiger partial charge in [0.25, 0.3) is 5.91 Å². The number of nitrogens with zero attached hydrogens (tertiary/aromatic N) is 2. The summed E-state index contributed by atoms with van der Waals surface area (Å²) in [5.74, 6) is -0.221. The molecule has 0 fully saturated rings. The molecule has 1 aliphatic rings. The first-order chi connectivity index (χ1) is 11.7. The van der Waals surface area contributed by atoms with E-state index in [9.17, 15) is 9.90 Å². The van der Waals surface area contributed by atoms with Crippen molar-refractivity contribution in [3.63, 3.8) is 0 Å². The predicted octanol–water partition coefficient (Wildman–Crippen LogP) is 2.26. The lowest BCUT2D eigenvalue weighted by molar-refractivity contribution is 0.0858. The molecule has 2 aromatic carbocycles. The summed E-state index contributed by atoms with van der Waals surface area (Å²) in [6.45, 7) is 0. The van der Waals surface area contributed by atoms with E-state index < -0.39 is 6.10 Å². The van der Waals surface area contributed by atoms with Crippen LogP contribution in [0.1, 0.15) is 27.5 Å². The van der Waals surface area contributed by atoms with Crippen LogP contribution in [0.2, 0.25) is 0 Å². The van der Waals surface area contributed by atoms with Crippen LogP contribution in [0.5, 0.6) is 0 Å². The minimum absolute atomic E-state index is 0.221. The number of para-hydroxylation sites is 1. The standard InChI is InChI=1S/C19H17N3O2/c23-17-12-13-6-1-2-7-14(13)18(17)21-19(24)15-8-3-4-9-16(15)22-11-5-10-20-22/h1-11,17-18,23H,12H2,(H,21,24)/t17-,18+/m0/s1. The Morgan fingerprint density at radius 3 is 2.75 bits per heavy atom. The lowest BCUT2D eigenvalue weighted by atomic mass is 10.1. The molecule has 5 heteroatoms. The van der Waals surface area contributed by atoms with E-state index in [4.69, 9.17) is 0 Å². The van der Waals surface area contributed by atoms with Gasteiger partial charge in [0.1, 0.15) is 0 Å². The molecule has 0 spiro atoms. The first kappa shape index (κ1) is 14.7. The normalized spacial score (nSPS) is 19.0. The number of carbonyl (C=O) groups excluding carboxylic acids is 1. The molecule has 0 saturated heterocycles. The van der Waals surface area contributed by atoms with Crippen LogP contribution in [0.4, 0.5) is 0 Å². The van der Waals surface area contributed by atoms with Crippen LogP contribution < -0.4 is 5.32 Å². The quantitative estimate of drug-likeness (QED) is 0.778. The van der Waals surface area contributed by atoms with Crippen LogP contribution in [0.3, 0.4) is 0 Å². The molecule has 1 amide bonds. The molecule has 2 N–H and O–H groups in total. The van der Waals surface area contributed by atoms with Crippen LogP contribution in [0.25, 0.3) is 5.69 Å². The Bertz CT molecular complexity index is 874. The number of hydrogen-bond acceptors (Lipinski definition) is 3. The topological polar surface area (TPSA) is 67.2 Å². The van der Waals surface area contributed by atoms with Crippen molar-refractivity contribution in [2.24, 2.45) is 0 Å². The Kier molecular flexibility index (Phi) is 3.63. The second kappa shape index (κ2) is 5.94. The molecular weight excluding hydrogens is 302 g/mol. The van der Waals surface area contributed by atoms with Gasteiger partial charge in [-0.2, -0.15) is 5.10 Å². The summed E-state index contributed by atoms with van der Waals surface area (Å²) in [5.41, 5.74) is 3.30. The first-order valence-electron chi connectivity index (χ1n) is 7.90. The van der Waals surface area contributed by atoms with Crippen LogP contribution in [0, 0.1) is 0 Å². The van der Waals surface area contributed by atoms with Crippen LogP contribution in [0.15, 0.2) is 67.0 Å². The first-order valence-corrected chi connectivity index (χ1v) is 7.90. The molecular formula is C19H17N3O2. The van der Waals surface area contributed by atoms with Gasteiger partial charge in [0.15, 0.2) is 0 Å². The van der Waals surface area contributed by atoms with Crippen molar-refractivity contribution in [1.29, 1.82) is 0 Å². The lowest BCUT2D eigenvalue weighted by Gasteiger charge is -2.19. The number of aliphatic hydroxyl groups excluding tert-OH is 1. The molecule has 0 bridgehead atoms. The van der Waals surface area contributed by atoms with Crippen molar-refractivity contribution in [2.75, 3.05) is 0 Å². The number of nitrogens with one attached hydrogen (secondary N) is 1. The van der Waals surface area contributed by atoms with E-state index in [1.165, 1.54) is 0 Å². The molecule has 0 radical (unpaired) electrons. The molecule has 1 aromatic heterocycles. The average molecular weight is 319 g/mol. The minimum atomic E-state index is -0.608. The molecule has 24 heavy (non-hydrogen) atoms. The molecule has 5 nitrogen and oxygen atoms in total. The monoisotopic (exact) mass is 319 g/mol. The highest BCUT2D eigenvalue weighted by Crippen LogP contribution is 2.31. The number of hydrogen-bond donors (Lipinski definition) is 2. The van der Waals surface area contributed by atoms with Crippen LogP contribution in [-0.4, -0.2) is 26.9 Å². The Labute approximate surface area is 139 Å². The summed E-state index contributed by atoms with van der Waals surface area (Å²) in [6, 6.07) is 16.5. The van der Waals surface area contributed by atoms with E-state index in [-0.39, 0.29) is 11.9 Å². The van der Waals surface area contributed by atoms with Gasteiger partial charge in [0, 0.05) is 18.8 Å². The minimum Gasteiger partial charge on any atom is -0.390 e. The van der Waals surface area contributed by atoms with Gasteiger partial charge in [-0.3, -0.25) is 4.79 Å². The number of benzene rings is 2. The summed E-state index contributed by atoms with van der Waals surface area (Å²) >= 11 is 0. The maximum atomic E-state index is 12.8. The number of amides is 1. The number of fused-ring (bicyclic) bond motifs is 1. The van der Waals surface area contributed by atoms with E-state index in [1.54, 1.807) is 23.1 Å². The third-order valence-electron chi connectivity index (χ3n) is 4.39. The molecule has 0 saturated carbocycles. The summed E-state index contributed by atoms with van der Waals surface area (Å²) in [7, 11) is 0. The van der Waals surface area contributed by atoms with Crippen molar-refractivity contribution in [1.82, 2.24) is 15.1 Å². The third-order valence-corrected chi connectivity index (χ3v) is 4.39. The summed E-state index contributed by atoms with van der Waals surface area (Å²) in [6.07, 6.45) is 3.42. The maximum absolute atomic E-state index is 12.8. The second-order valence-corrected chi connectivity index (χ2v) is 5.89. The zero-order valence-electron chi connectivity index (χ0n) is 13.0.